The SMILES string of the molecule is COc1cccc(N2CC(NC(=O)N3c4ccccc4CC3C)CC2=O)c1. The molecule has 4 rings (SSSR count). The van der Waals surface area contributed by atoms with Gasteiger partial charge in [0.25, 0.3) is 0 Å². The first kappa shape index (κ1) is 17.4. The van der Waals surface area contributed by atoms with Gasteiger partial charge in [0.15, 0.2) is 0 Å². The smallest absolute Gasteiger partial charge is 0.322 e. The highest BCUT2D eigenvalue weighted by molar-refractivity contribution is 5.99. The number of anilines is 2. The second-order valence-electron chi connectivity index (χ2n) is 7.11. The number of para-hydroxylation sites is 1. The molecule has 0 spiro atoms. The molecule has 2 aliphatic rings. The molecule has 2 aliphatic heterocycles. The third kappa shape index (κ3) is 3.23. The summed E-state index contributed by atoms with van der Waals surface area (Å²) in [5.74, 6) is 0.707. The van der Waals surface area contributed by atoms with E-state index in [1.807, 2.05) is 49.4 Å². The normalized spacial score (nSPS) is 21.3. The Morgan fingerprint density at radius 3 is 2.78 bits per heavy atom. The Labute approximate surface area is 158 Å². The summed E-state index contributed by atoms with van der Waals surface area (Å²) in [6.07, 6.45) is 1.15. The predicted molar refractivity (Wildman–Crippen MR) is 104 cm³/mol. The molecule has 1 saturated heterocycles. The van der Waals surface area contributed by atoms with E-state index < -0.39 is 0 Å². The van der Waals surface area contributed by atoms with Crippen molar-refractivity contribution in [3.05, 3.63) is 54.1 Å². The van der Waals surface area contributed by atoms with Crippen LogP contribution in [0.15, 0.2) is 48.5 Å². The monoisotopic (exact) mass is 365 g/mol. The molecule has 6 heteroatoms. The van der Waals surface area contributed by atoms with E-state index in [9.17, 15) is 9.59 Å². The van der Waals surface area contributed by atoms with Crippen molar-refractivity contribution in [2.45, 2.75) is 31.8 Å². The first-order valence-corrected chi connectivity index (χ1v) is 9.19. The minimum absolute atomic E-state index is 0.00317. The summed E-state index contributed by atoms with van der Waals surface area (Å²) < 4.78 is 5.24. The van der Waals surface area contributed by atoms with Crippen LogP contribution in [0, 0.1) is 0 Å². The second-order valence-corrected chi connectivity index (χ2v) is 7.11. The maximum absolute atomic E-state index is 12.9. The molecule has 6 nitrogen and oxygen atoms in total. The highest BCUT2D eigenvalue weighted by atomic mass is 16.5. The van der Waals surface area contributed by atoms with Crippen LogP contribution in [0.25, 0.3) is 0 Å². The Bertz CT molecular complexity index is 882. The molecular formula is C21H23N3O3. The number of hydrogen-bond donors (Lipinski definition) is 1. The fraction of sp³-hybridized carbons (Fsp3) is 0.333. The molecule has 2 aromatic carbocycles. The van der Waals surface area contributed by atoms with Gasteiger partial charge in [-0.15, -0.1) is 0 Å². The predicted octanol–water partition coefficient (Wildman–Crippen LogP) is 2.96. The number of urea groups is 1. The minimum atomic E-state index is -0.212. The number of rotatable bonds is 3. The number of carbonyl (C=O) groups is 2. The van der Waals surface area contributed by atoms with Crippen LogP contribution in [0.4, 0.5) is 16.2 Å². The molecular weight excluding hydrogens is 342 g/mol. The number of nitrogens with one attached hydrogen (secondary N) is 1. The molecule has 0 bridgehead atoms. The van der Waals surface area contributed by atoms with E-state index in [1.54, 1.807) is 16.9 Å². The van der Waals surface area contributed by atoms with Crippen LogP contribution in [0.2, 0.25) is 0 Å². The molecule has 3 amide bonds. The molecule has 140 valence electrons. The van der Waals surface area contributed by atoms with E-state index in [0.717, 1.165) is 17.8 Å². The van der Waals surface area contributed by atoms with E-state index in [4.69, 9.17) is 4.74 Å². The molecule has 0 radical (unpaired) electrons. The lowest BCUT2D eigenvalue weighted by Crippen LogP contribution is -2.48. The fourth-order valence-corrected chi connectivity index (χ4v) is 3.95. The lowest BCUT2D eigenvalue weighted by Gasteiger charge is -2.25. The average molecular weight is 365 g/mol. The Balaban J connectivity index is 1.46. The van der Waals surface area contributed by atoms with Crippen LogP contribution < -0.4 is 19.9 Å². The van der Waals surface area contributed by atoms with Crippen LogP contribution in [-0.4, -0.2) is 37.7 Å². The standard InChI is InChI=1S/C21H23N3O3/c1-14-10-15-6-3-4-9-19(15)24(14)21(26)22-16-11-20(25)23(13-16)17-7-5-8-18(12-17)27-2/h3-9,12,14,16H,10-11,13H2,1-2H3,(H,22,26). The van der Waals surface area contributed by atoms with Crippen LogP contribution in [0.5, 0.6) is 5.75 Å². The highest BCUT2D eigenvalue weighted by Gasteiger charge is 2.36. The van der Waals surface area contributed by atoms with Gasteiger partial charge < -0.3 is 15.0 Å². The molecule has 2 unspecified atom stereocenters. The molecule has 0 aliphatic carbocycles. The Morgan fingerprint density at radius 1 is 1.15 bits per heavy atom. The Hall–Kier alpha value is -3.02. The summed E-state index contributed by atoms with van der Waals surface area (Å²) in [5.41, 5.74) is 2.92. The minimum Gasteiger partial charge on any atom is -0.497 e. The van der Waals surface area contributed by atoms with Crippen molar-refractivity contribution in [2.24, 2.45) is 0 Å². The van der Waals surface area contributed by atoms with Crippen LogP contribution in [-0.2, 0) is 11.2 Å². The molecule has 1 fully saturated rings. The Kier molecular flexibility index (Phi) is 4.48. The molecule has 2 atom stereocenters. The summed E-state index contributed by atoms with van der Waals surface area (Å²) in [6, 6.07) is 15.1. The zero-order valence-corrected chi connectivity index (χ0v) is 15.5. The number of nitrogens with zero attached hydrogens (tertiary/aromatic N) is 2. The summed E-state index contributed by atoms with van der Waals surface area (Å²) in [7, 11) is 1.60. The van der Waals surface area contributed by atoms with Gasteiger partial charge >= 0.3 is 6.03 Å². The van der Waals surface area contributed by atoms with Gasteiger partial charge in [-0.3, -0.25) is 9.69 Å². The first-order valence-electron chi connectivity index (χ1n) is 9.19. The van der Waals surface area contributed by atoms with Crippen molar-refractivity contribution in [1.29, 1.82) is 0 Å². The number of methoxy groups -OCH3 is 1. The largest absolute Gasteiger partial charge is 0.497 e. The van der Waals surface area contributed by atoms with E-state index in [2.05, 4.69) is 11.4 Å². The van der Waals surface area contributed by atoms with Crippen molar-refractivity contribution in [2.75, 3.05) is 23.5 Å². The van der Waals surface area contributed by atoms with Gasteiger partial charge in [0.1, 0.15) is 5.75 Å². The van der Waals surface area contributed by atoms with E-state index in [-0.39, 0.29) is 24.0 Å². The summed E-state index contributed by atoms with van der Waals surface area (Å²) in [6.45, 7) is 2.50. The van der Waals surface area contributed by atoms with Gasteiger partial charge in [-0.1, -0.05) is 24.3 Å². The maximum atomic E-state index is 12.9. The zero-order valence-electron chi connectivity index (χ0n) is 15.5. The van der Waals surface area contributed by atoms with Crippen molar-refractivity contribution >= 4 is 23.3 Å². The van der Waals surface area contributed by atoms with Crippen molar-refractivity contribution < 1.29 is 14.3 Å². The van der Waals surface area contributed by atoms with E-state index in [1.165, 1.54) is 5.56 Å². The average Bonchev–Trinajstić information content (AvgIpc) is 3.20. The maximum Gasteiger partial charge on any atom is 0.322 e. The lowest BCUT2D eigenvalue weighted by atomic mass is 10.1. The fourth-order valence-electron chi connectivity index (χ4n) is 3.95. The number of ether oxygens (including phenoxy) is 1. The number of hydrogen-bond acceptors (Lipinski definition) is 3. The first-order chi connectivity index (χ1) is 13.1. The van der Waals surface area contributed by atoms with Gasteiger partial charge in [-0.2, -0.15) is 0 Å². The van der Waals surface area contributed by atoms with Crippen LogP contribution in [0.1, 0.15) is 18.9 Å². The summed E-state index contributed by atoms with van der Waals surface area (Å²) in [5, 5.41) is 3.04. The lowest BCUT2D eigenvalue weighted by molar-refractivity contribution is -0.117. The van der Waals surface area contributed by atoms with Gasteiger partial charge in [0.2, 0.25) is 5.91 Å². The van der Waals surface area contributed by atoms with Gasteiger partial charge in [-0.25, -0.2) is 4.79 Å². The van der Waals surface area contributed by atoms with Crippen LogP contribution >= 0.6 is 0 Å². The van der Waals surface area contributed by atoms with E-state index >= 15 is 0 Å². The van der Waals surface area contributed by atoms with Crippen molar-refractivity contribution in [3.63, 3.8) is 0 Å². The third-order valence-electron chi connectivity index (χ3n) is 5.24. The number of amides is 3. The van der Waals surface area contributed by atoms with Gasteiger partial charge in [0.05, 0.1) is 13.2 Å². The molecule has 2 heterocycles. The quantitative estimate of drug-likeness (QED) is 0.910. The second kappa shape index (κ2) is 6.95. The summed E-state index contributed by atoms with van der Waals surface area (Å²) >= 11 is 0. The van der Waals surface area contributed by atoms with Crippen LogP contribution in [0.3, 0.4) is 0 Å². The molecule has 0 aromatic heterocycles. The zero-order chi connectivity index (χ0) is 19.0. The number of carbonyl (C=O) groups excluding carboxylic acids is 2. The van der Waals surface area contributed by atoms with Crippen molar-refractivity contribution in [3.8, 4) is 5.75 Å². The molecule has 1 N–H and O–H groups in total. The van der Waals surface area contributed by atoms with Gasteiger partial charge in [-0.05, 0) is 37.1 Å². The third-order valence-corrected chi connectivity index (χ3v) is 5.24. The molecule has 27 heavy (non-hydrogen) atoms. The molecule has 0 saturated carbocycles. The number of fused-ring (bicyclic) bond motifs is 1. The van der Waals surface area contributed by atoms with Crippen molar-refractivity contribution in [1.82, 2.24) is 5.32 Å². The van der Waals surface area contributed by atoms with E-state index in [0.29, 0.717) is 18.7 Å². The number of benzene rings is 2. The Morgan fingerprint density at radius 2 is 1.96 bits per heavy atom. The topological polar surface area (TPSA) is 61.9 Å². The molecule has 2 aromatic rings. The van der Waals surface area contributed by atoms with Gasteiger partial charge in [0, 0.05) is 36.4 Å². The highest BCUT2D eigenvalue weighted by Crippen LogP contribution is 2.32. The summed E-state index contributed by atoms with van der Waals surface area (Å²) in [4.78, 5) is 28.9.